The number of hydrogen-bond donors (Lipinski definition) is 1. The largest absolute Gasteiger partial charge is 0.313 e. The van der Waals surface area contributed by atoms with Gasteiger partial charge in [-0.1, -0.05) is 24.3 Å². The van der Waals surface area contributed by atoms with Gasteiger partial charge < -0.3 is 5.32 Å². The minimum absolute atomic E-state index is 0.449. The van der Waals surface area contributed by atoms with Crippen molar-refractivity contribution in [1.29, 1.82) is 0 Å². The third-order valence-electron chi connectivity index (χ3n) is 3.33. The van der Waals surface area contributed by atoms with E-state index in [1.165, 1.54) is 35.1 Å². The Morgan fingerprint density at radius 2 is 2.13 bits per heavy atom. The number of nitrogens with one attached hydrogen (secondary N) is 1. The number of hydrogen-bond acceptors (Lipinski definition) is 1. The van der Waals surface area contributed by atoms with Crippen LogP contribution >= 0.6 is 0 Å². The molecule has 1 heteroatoms. The molecule has 2 rings (SSSR count). The molecular weight excluding hydrogens is 182 g/mol. The first-order chi connectivity index (χ1) is 7.24. The summed E-state index contributed by atoms with van der Waals surface area (Å²) in [6.07, 6.45) is 4.76. The summed E-state index contributed by atoms with van der Waals surface area (Å²) in [5.74, 6) is 0. The van der Waals surface area contributed by atoms with Crippen LogP contribution in [0.1, 0.15) is 30.0 Å². The van der Waals surface area contributed by atoms with Gasteiger partial charge in [0.25, 0.3) is 0 Å². The van der Waals surface area contributed by atoms with Gasteiger partial charge in [0.15, 0.2) is 0 Å². The van der Waals surface area contributed by atoms with E-state index in [0.717, 1.165) is 0 Å². The van der Waals surface area contributed by atoms with Gasteiger partial charge in [0.05, 0.1) is 0 Å². The molecule has 0 bridgehead atoms. The summed E-state index contributed by atoms with van der Waals surface area (Å²) in [5, 5.41) is 3.33. The van der Waals surface area contributed by atoms with Crippen LogP contribution in [-0.2, 0) is 6.42 Å². The highest BCUT2D eigenvalue weighted by Gasteiger charge is 2.17. The molecule has 0 amide bonds. The summed E-state index contributed by atoms with van der Waals surface area (Å²) >= 11 is 0. The van der Waals surface area contributed by atoms with Crippen molar-refractivity contribution < 1.29 is 0 Å². The molecule has 0 spiro atoms. The molecule has 0 aromatic heterocycles. The maximum atomic E-state index is 3.33. The quantitative estimate of drug-likeness (QED) is 0.775. The van der Waals surface area contributed by atoms with Crippen LogP contribution in [0.5, 0.6) is 0 Å². The van der Waals surface area contributed by atoms with Gasteiger partial charge in [0.1, 0.15) is 0 Å². The highest BCUT2D eigenvalue weighted by atomic mass is 14.9. The molecule has 80 valence electrons. The van der Waals surface area contributed by atoms with Crippen molar-refractivity contribution in [2.75, 3.05) is 7.05 Å². The summed E-state index contributed by atoms with van der Waals surface area (Å²) in [6.45, 7) is 4.44. The van der Waals surface area contributed by atoms with Crippen LogP contribution < -0.4 is 5.32 Å². The fourth-order valence-corrected chi connectivity index (χ4v) is 2.38. The van der Waals surface area contributed by atoms with Gasteiger partial charge in [-0.2, -0.15) is 0 Å². The molecule has 1 aromatic carbocycles. The second kappa shape index (κ2) is 4.19. The van der Waals surface area contributed by atoms with Crippen LogP contribution in [0, 0.1) is 6.92 Å². The van der Waals surface area contributed by atoms with Gasteiger partial charge in [-0.05, 0) is 56.0 Å². The fourth-order valence-electron chi connectivity index (χ4n) is 2.38. The second-order valence-electron chi connectivity index (χ2n) is 4.32. The Balaban J connectivity index is 2.49. The number of benzene rings is 1. The molecule has 0 saturated carbocycles. The van der Waals surface area contributed by atoms with Crippen molar-refractivity contribution in [1.82, 2.24) is 5.32 Å². The van der Waals surface area contributed by atoms with E-state index in [-0.39, 0.29) is 0 Å². The summed E-state index contributed by atoms with van der Waals surface area (Å²) < 4.78 is 0. The lowest BCUT2D eigenvalue weighted by Gasteiger charge is -2.24. The smallest absolute Gasteiger partial charge is 0.0291 e. The van der Waals surface area contributed by atoms with E-state index in [2.05, 4.69) is 43.4 Å². The standard InChI is InChI=1S/C14H19N/c1-10-6-4-7-12-8-5-9-13(14(10)12)11(2)15-3/h4,6-7,9,11,15H,5,8H2,1-3H3. The SMILES string of the molecule is CNC(C)C1=CCCc2cccc(C)c21. The lowest BCUT2D eigenvalue weighted by molar-refractivity contribution is 0.735. The topological polar surface area (TPSA) is 12.0 Å². The molecule has 0 saturated heterocycles. The van der Waals surface area contributed by atoms with Crippen molar-refractivity contribution in [3.8, 4) is 0 Å². The van der Waals surface area contributed by atoms with Crippen molar-refractivity contribution in [3.05, 3.63) is 41.0 Å². The van der Waals surface area contributed by atoms with Crippen LogP contribution in [0.4, 0.5) is 0 Å². The molecule has 1 unspecified atom stereocenters. The molecule has 0 radical (unpaired) electrons. The van der Waals surface area contributed by atoms with Gasteiger partial charge in [-0.3, -0.25) is 0 Å². The Hall–Kier alpha value is -1.08. The normalized spacial score (nSPS) is 16.9. The molecular formula is C14H19N. The Kier molecular flexibility index (Phi) is 2.92. The predicted molar refractivity (Wildman–Crippen MR) is 66.0 cm³/mol. The van der Waals surface area contributed by atoms with E-state index < -0.39 is 0 Å². The maximum absolute atomic E-state index is 3.33. The van der Waals surface area contributed by atoms with Gasteiger partial charge >= 0.3 is 0 Å². The highest BCUT2D eigenvalue weighted by Crippen LogP contribution is 2.31. The Morgan fingerprint density at radius 1 is 1.33 bits per heavy atom. The van der Waals surface area contributed by atoms with Crippen LogP contribution in [0.25, 0.3) is 5.57 Å². The monoisotopic (exact) mass is 201 g/mol. The second-order valence-corrected chi connectivity index (χ2v) is 4.32. The van der Waals surface area contributed by atoms with Crippen LogP contribution in [0.15, 0.2) is 24.3 Å². The number of likely N-dealkylation sites (N-methyl/N-ethyl adjacent to an activating group) is 1. The molecule has 1 aliphatic rings. The average Bonchev–Trinajstić information content (AvgIpc) is 2.28. The van der Waals surface area contributed by atoms with Crippen LogP contribution in [-0.4, -0.2) is 13.1 Å². The van der Waals surface area contributed by atoms with Crippen molar-refractivity contribution >= 4 is 5.57 Å². The number of aryl methyl sites for hydroxylation is 2. The van der Waals surface area contributed by atoms with Crippen molar-refractivity contribution in [2.24, 2.45) is 0 Å². The molecule has 1 aromatic rings. The zero-order chi connectivity index (χ0) is 10.8. The van der Waals surface area contributed by atoms with E-state index in [4.69, 9.17) is 0 Å². The predicted octanol–water partition coefficient (Wildman–Crippen LogP) is 2.93. The minimum Gasteiger partial charge on any atom is -0.313 e. The summed E-state index contributed by atoms with van der Waals surface area (Å²) in [4.78, 5) is 0. The summed E-state index contributed by atoms with van der Waals surface area (Å²) in [5.41, 5.74) is 5.86. The summed E-state index contributed by atoms with van der Waals surface area (Å²) in [7, 11) is 2.03. The molecule has 1 nitrogen and oxygen atoms in total. The highest BCUT2D eigenvalue weighted by molar-refractivity contribution is 5.75. The van der Waals surface area contributed by atoms with Crippen LogP contribution in [0.3, 0.4) is 0 Å². The average molecular weight is 201 g/mol. The first-order valence-corrected chi connectivity index (χ1v) is 5.70. The Morgan fingerprint density at radius 3 is 2.87 bits per heavy atom. The van der Waals surface area contributed by atoms with E-state index in [1.54, 1.807) is 0 Å². The Bertz CT molecular complexity index is 390. The minimum atomic E-state index is 0.449. The first kappa shape index (κ1) is 10.4. The number of fused-ring (bicyclic) bond motifs is 1. The molecule has 1 N–H and O–H groups in total. The maximum Gasteiger partial charge on any atom is 0.0291 e. The Labute approximate surface area is 92.2 Å². The lowest BCUT2D eigenvalue weighted by atomic mass is 9.85. The van der Waals surface area contributed by atoms with E-state index in [9.17, 15) is 0 Å². The fraction of sp³-hybridized carbons (Fsp3) is 0.429. The number of rotatable bonds is 2. The van der Waals surface area contributed by atoms with Gasteiger partial charge in [-0.25, -0.2) is 0 Å². The number of allylic oxidation sites excluding steroid dienone is 1. The van der Waals surface area contributed by atoms with E-state index in [1.807, 2.05) is 7.05 Å². The van der Waals surface area contributed by atoms with Crippen molar-refractivity contribution in [2.45, 2.75) is 32.7 Å². The summed E-state index contributed by atoms with van der Waals surface area (Å²) in [6, 6.07) is 7.09. The van der Waals surface area contributed by atoms with Crippen LogP contribution in [0.2, 0.25) is 0 Å². The molecule has 0 heterocycles. The lowest BCUT2D eigenvalue weighted by Crippen LogP contribution is -2.24. The van der Waals surface area contributed by atoms with Gasteiger partial charge in [0.2, 0.25) is 0 Å². The zero-order valence-electron chi connectivity index (χ0n) is 9.80. The van der Waals surface area contributed by atoms with Crippen molar-refractivity contribution in [3.63, 3.8) is 0 Å². The molecule has 0 aliphatic heterocycles. The molecule has 1 aliphatic carbocycles. The van der Waals surface area contributed by atoms with E-state index in [0.29, 0.717) is 6.04 Å². The van der Waals surface area contributed by atoms with Gasteiger partial charge in [-0.15, -0.1) is 0 Å². The zero-order valence-corrected chi connectivity index (χ0v) is 9.80. The van der Waals surface area contributed by atoms with E-state index >= 15 is 0 Å². The van der Waals surface area contributed by atoms with Gasteiger partial charge in [0, 0.05) is 6.04 Å². The molecule has 1 atom stereocenters. The molecule has 15 heavy (non-hydrogen) atoms. The third kappa shape index (κ3) is 1.84. The molecule has 0 fully saturated rings. The first-order valence-electron chi connectivity index (χ1n) is 5.70. The third-order valence-corrected chi connectivity index (χ3v) is 3.33.